The standard InChI is InChI=1S/C24H31F2N5O4/c1-24(2,3)21(22(33)27-4)28-23(34)31-18-7-6-10-30(12-15(32)13-35-5)20(18)19(29-31)14-8-9-16(25)17(26)11-14/h8-9,11,21H,6-7,10,12-13H2,1-5H3,(H,27,33)(H,28,34)/t21-/m1/s1. The molecule has 190 valence electrons. The number of nitrogens with one attached hydrogen (secondary N) is 2. The summed E-state index contributed by atoms with van der Waals surface area (Å²) in [5.41, 5.74) is 0.921. The molecule has 0 unspecified atom stereocenters. The van der Waals surface area contributed by atoms with E-state index in [2.05, 4.69) is 15.7 Å². The maximum absolute atomic E-state index is 14.1. The molecule has 0 fully saturated rings. The molecule has 11 heteroatoms. The molecule has 0 radical (unpaired) electrons. The summed E-state index contributed by atoms with van der Waals surface area (Å²) in [7, 11) is 2.91. The number of rotatable bonds is 7. The summed E-state index contributed by atoms with van der Waals surface area (Å²) in [6, 6.07) is 1.88. The molecule has 0 saturated heterocycles. The fourth-order valence-electron chi connectivity index (χ4n) is 4.14. The average Bonchev–Trinajstić information content (AvgIpc) is 3.19. The minimum absolute atomic E-state index is 0.00762. The van der Waals surface area contributed by atoms with Crippen molar-refractivity contribution in [1.29, 1.82) is 0 Å². The van der Waals surface area contributed by atoms with Crippen LogP contribution in [0.2, 0.25) is 0 Å². The molecule has 1 aromatic carbocycles. The van der Waals surface area contributed by atoms with E-state index in [0.29, 0.717) is 30.8 Å². The first-order valence-corrected chi connectivity index (χ1v) is 11.3. The van der Waals surface area contributed by atoms with Crippen LogP contribution in [-0.2, 0) is 20.7 Å². The van der Waals surface area contributed by atoms with Gasteiger partial charge >= 0.3 is 6.03 Å². The predicted octanol–water partition coefficient (Wildman–Crippen LogP) is 2.51. The van der Waals surface area contributed by atoms with E-state index in [1.54, 1.807) is 4.90 Å². The quantitative estimate of drug-likeness (QED) is 0.617. The molecule has 1 atom stereocenters. The lowest BCUT2D eigenvalue weighted by molar-refractivity contribution is -0.124. The van der Waals surface area contributed by atoms with E-state index in [9.17, 15) is 23.2 Å². The summed E-state index contributed by atoms with van der Waals surface area (Å²) in [5.74, 6) is -2.60. The Morgan fingerprint density at radius 3 is 2.51 bits per heavy atom. The summed E-state index contributed by atoms with van der Waals surface area (Å²) in [5, 5.41) is 9.76. The lowest BCUT2D eigenvalue weighted by atomic mass is 9.86. The number of methoxy groups -OCH3 is 1. The lowest BCUT2D eigenvalue weighted by Crippen LogP contribution is -2.54. The Hall–Kier alpha value is -3.34. The Balaban J connectivity index is 2.10. The number of amides is 2. The number of hydrogen-bond donors (Lipinski definition) is 2. The van der Waals surface area contributed by atoms with E-state index in [1.807, 2.05) is 20.8 Å². The van der Waals surface area contributed by atoms with Crippen LogP contribution in [0.1, 0.15) is 32.9 Å². The second kappa shape index (κ2) is 10.5. The maximum Gasteiger partial charge on any atom is 0.343 e. The van der Waals surface area contributed by atoms with Crippen LogP contribution in [0.4, 0.5) is 19.3 Å². The number of likely N-dealkylation sites (N-methyl/N-ethyl adjacent to an activating group) is 1. The highest BCUT2D eigenvalue weighted by Crippen LogP contribution is 2.37. The van der Waals surface area contributed by atoms with Gasteiger partial charge < -0.3 is 20.3 Å². The molecule has 2 amide bonds. The molecule has 2 N–H and O–H groups in total. The maximum atomic E-state index is 14.1. The number of ketones is 1. The number of carbonyl (C=O) groups is 3. The molecule has 35 heavy (non-hydrogen) atoms. The van der Waals surface area contributed by atoms with Crippen molar-refractivity contribution < 1.29 is 27.9 Å². The smallest absolute Gasteiger partial charge is 0.343 e. The van der Waals surface area contributed by atoms with Gasteiger partial charge in [-0.1, -0.05) is 20.8 Å². The van der Waals surface area contributed by atoms with Crippen molar-refractivity contribution in [1.82, 2.24) is 20.4 Å². The number of aromatic nitrogens is 2. The molecule has 0 saturated carbocycles. The molecule has 9 nitrogen and oxygen atoms in total. The molecule has 2 heterocycles. The zero-order valence-electron chi connectivity index (χ0n) is 20.6. The van der Waals surface area contributed by atoms with Crippen molar-refractivity contribution in [2.24, 2.45) is 5.41 Å². The molecule has 2 aromatic rings. The first-order valence-electron chi connectivity index (χ1n) is 11.3. The van der Waals surface area contributed by atoms with Crippen molar-refractivity contribution in [3.8, 4) is 11.3 Å². The number of ether oxygens (including phenoxy) is 1. The zero-order valence-corrected chi connectivity index (χ0v) is 20.6. The Morgan fingerprint density at radius 1 is 1.20 bits per heavy atom. The van der Waals surface area contributed by atoms with Gasteiger partial charge in [0.2, 0.25) is 5.91 Å². The van der Waals surface area contributed by atoms with Crippen LogP contribution in [-0.4, -0.2) is 67.4 Å². The van der Waals surface area contributed by atoms with E-state index in [-0.39, 0.29) is 36.1 Å². The molecular weight excluding hydrogens is 460 g/mol. The summed E-state index contributed by atoms with van der Waals surface area (Å²) in [6.45, 7) is 5.90. The Kier molecular flexibility index (Phi) is 7.89. The van der Waals surface area contributed by atoms with Crippen molar-refractivity contribution in [3.63, 3.8) is 0 Å². The van der Waals surface area contributed by atoms with Crippen LogP contribution in [0.5, 0.6) is 0 Å². The number of fused-ring (bicyclic) bond motifs is 1. The second-order valence-corrected chi connectivity index (χ2v) is 9.54. The van der Waals surface area contributed by atoms with Crippen molar-refractivity contribution in [3.05, 3.63) is 35.5 Å². The van der Waals surface area contributed by atoms with Crippen LogP contribution < -0.4 is 15.5 Å². The van der Waals surface area contributed by atoms with E-state index in [0.717, 1.165) is 16.8 Å². The summed E-state index contributed by atoms with van der Waals surface area (Å²) >= 11 is 0. The van der Waals surface area contributed by atoms with Crippen LogP contribution in [0.3, 0.4) is 0 Å². The highest BCUT2D eigenvalue weighted by atomic mass is 19.2. The number of anilines is 1. The number of benzene rings is 1. The Morgan fingerprint density at radius 2 is 1.91 bits per heavy atom. The van der Waals surface area contributed by atoms with E-state index < -0.39 is 29.1 Å². The van der Waals surface area contributed by atoms with Crippen LogP contribution in [0, 0.1) is 17.0 Å². The van der Waals surface area contributed by atoms with Crippen LogP contribution in [0.15, 0.2) is 18.2 Å². The molecule has 0 bridgehead atoms. The second-order valence-electron chi connectivity index (χ2n) is 9.54. The topological polar surface area (TPSA) is 106 Å². The SMILES string of the molecule is CNC(=O)[C@@H](NC(=O)n1nc(-c2ccc(F)c(F)c2)c2c1CCCN2CC(=O)COC)C(C)(C)C. The van der Waals surface area contributed by atoms with Gasteiger partial charge in [-0.25, -0.2) is 13.6 Å². The van der Waals surface area contributed by atoms with Crippen molar-refractivity contribution in [2.45, 2.75) is 39.7 Å². The van der Waals surface area contributed by atoms with E-state index in [4.69, 9.17) is 4.74 Å². The van der Waals surface area contributed by atoms with Crippen molar-refractivity contribution in [2.75, 3.05) is 38.8 Å². The molecule has 1 aliphatic heterocycles. The Labute approximate surface area is 202 Å². The third-order valence-corrected chi connectivity index (χ3v) is 5.81. The minimum atomic E-state index is -1.06. The van der Waals surface area contributed by atoms with E-state index in [1.165, 1.54) is 20.2 Å². The monoisotopic (exact) mass is 491 g/mol. The van der Waals surface area contributed by atoms with Gasteiger partial charge in [-0.15, -0.1) is 0 Å². The van der Waals surface area contributed by atoms with Crippen molar-refractivity contribution >= 4 is 23.4 Å². The first kappa shape index (κ1) is 26.3. The molecule has 1 aromatic heterocycles. The normalized spacial score (nSPS) is 14.3. The molecule has 3 rings (SSSR count). The first-order chi connectivity index (χ1) is 16.5. The summed E-state index contributed by atoms with van der Waals surface area (Å²) < 4.78 is 33.8. The number of halogens is 2. The van der Waals surface area contributed by atoms with E-state index >= 15 is 0 Å². The highest BCUT2D eigenvalue weighted by Gasteiger charge is 2.35. The number of hydrogen-bond acceptors (Lipinski definition) is 6. The molecule has 0 aliphatic carbocycles. The van der Waals surface area contributed by atoms with Gasteiger partial charge in [-0.3, -0.25) is 9.59 Å². The Bertz CT molecular complexity index is 1130. The number of Topliss-reactive ketones (excluding diaryl/α,β-unsaturated/α-hetero) is 1. The van der Waals surface area contributed by atoms with Crippen LogP contribution >= 0.6 is 0 Å². The zero-order chi connectivity index (χ0) is 25.9. The molecule has 1 aliphatic rings. The fraction of sp³-hybridized carbons (Fsp3) is 0.500. The van der Waals surface area contributed by atoms with Gasteiger partial charge in [0, 0.05) is 26.3 Å². The van der Waals surface area contributed by atoms with Gasteiger partial charge in [0.05, 0.1) is 17.9 Å². The van der Waals surface area contributed by atoms with Gasteiger partial charge in [0.15, 0.2) is 17.4 Å². The summed E-state index contributed by atoms with van der Waals surface area (Å²) in [4.78, 5) is 39.9. The predicted molar refractivity (Wildman–Crippen MR) is 126 cm³/mol. The lowest BCUT2D eigenvalue weighted by Gasteiger charge is -2.31. The summed E-state index contributed by atoms with van der Waals surface area (Å²) in [6.07, 6.45) is 1.11. The largest absolute Gasteiger partial charge is 0.377 e. The molecular formula is C24H31F2N5O4. The van der Waals surface area contributed by atoms with Crippen LogP contribution in [0.25, 0.3) is 11.3 Å². The van der Waals surface area contributed by atoms with Gasteiger partial charge in [-0.05, 0) is 36.5 Å². The van der Waals surface area contributed by atoms with Gasteiger partial charge in [-0.2, -0.15) is 9.78 Å². The average molecular weight is 492 g/mol. The van der Waals surface area contributed by atoms with Gasteiger partial charge in [0.25, 0.3) is 0 Å². The third kappa shape index (κ3) is 5.67. The van der Waals surface area contributed by atoms with Gasteiger partial charge in [0.1, 0.15) is 18.3 Å². The highest BCUT2D eigenvalue weighted by molar-refractivity contribution is 5.91. The number of nitrogens with zero attached hydrogens (tertiary/aromatic N) is 3. The fourth-order valence-corrected chi connectivity index (χ4v) is 4.14. The molecule has 0 spiro atoms. The third-order valence-electron chi connectivity index (χ3n) is 5.81. The minimum Gasteiger partial charge on any atom is -0.377 e. The number of carbonyl (C=O) groups excluding carboxylic acids is 3.